The smallest absolute Gasteiger partial charge is 0.0964 e. The first-order chi connectivity index (χ1) is 9.25. The summed E-state index contributed by atoms with van der Waals surface area (Å²) < 4.78 is 0. The summed E-state index contributed by atoms with van der Waals surface area (Å²) in [5.74, 6) is 0. The molecule has 0 amide bonds. The Hall–Kier alpha value is -2.00. The van der Waals surface area contributed by atoms with Crippen LogP contribution in [0.4, 0.5) is 11.4 Å². The van der Waals surface area contributed by atoms with Crippen molar-refractivity contribution < 1.29 is 5.11 Å². The van der Waals surface area contributed by atoms with Crippen molar-refractivity contribution in [3.8, 4) is 0 Å². The fraction of sp³-hybridized carbons (Fsp3) is 0.250. The molecule has 1 heterocycles. The molecule has 2 aromatic carbocycles. The van der Waals surface area contributed by atoms with Crippen LogP contribution in [0.2, 0.25) is 0 Å². The molecule has 3 heteroatoms. The van der Waals surface area contributed by atoms with Gasteiger partial charge in [0.1, 0.15) is 0 Å². The summed E-state index contributed by atoms with van der Waals surface area (Å²) in [7, 11) is 0. The molecule has 1 aliphatic heterocycles. The minimum absolute atomic E-state index is 0.480. The Morgan fingerprint density at radius 2 is 1.89 bits per heavy atom. The van der Waals surface area contributed by atoms with Gasteiger partial charge in [-0.1, -0.05) is 42.5 Å². The number of hydrogen-bond acceptors (Lipinski definition) is 3. The van der Waals surface area contributed by atoms with Gasteiger partial charge in [-0.15, -0.1) is 0 Å². The van der Waals surface area contributed by atoms with Crippen molar-refractivity contribution in [1.82, 2.24) is 0 Å². The van der Waals surface area contributed by atoms with Crippen molar-refractivity contribution in [1.29, 1.82) is 0 Å². The maximum Gasteiger partial charge on any atom is 0.0964 e. The first kappa shape index (κ1) is 12.1. The molecule has 0 saturated carbocycles. The summed E-state index contributed by atoms with van der Waals surface area (Å²) in [5, 5.41) is 10.3. The van der Waals surface area contributed by atoms with Gasteiger partial charge in [0, 0.05) is 13.1 Å². The third-order valence-electron chi connectivity index (χ3n) is 3.70. The molecule has 0 radical (unpaired) electrons. The van der Waals surface area contributed by atoms with Crippen LogP contribution in [0.5, 0.6) is 0 Å². The molecule has 3 N–H and O–H groups in total. The van der Waals surface area contributed by atoms with Gasteiger partial charge in [0.2, 0.25) is 0 Å². The number of nitrogens with zero attached hydrogens (tertiary/aromatic N) is 1. The number of β-amino-alcohol motifs (C(OH)–C–C–N with tert-alkyl or cyclic N) is 1. The highest BCUT2D eigenvalue weighted by molar-refractivity contribution is 5.74. The van der Waals surface area contributed by atoms with Crippen LogP contribution in [0.1, 0.15) is 17.2 Å². The number of fused-ring (bicyclic) bond motifs is 1. The van der Waals surface area contributed by atoms with Crippen molar-refractivity contribution in [3.05, 3.63) is 59.7 Å². The topological polar surface area (TPSA) is 49.5 Å². The maximum atomic E-state index is 10.3. The Labute approximate surface area is 113 Å². The predicted octanol–water partition coefficient (Wildman–Crippen LogP) is 2.36. The fourth-order valence-electron chi connectivity index (χ4n) is 2.74. The van der Waals surface area contributed by atoms with Gasteiger partial charge in [0.15, 0.2) is 0 Å². The van der Waals surface area contributed by atoms with E-state index in [-0.39, 0.29) is 0 Å². The number of anilines is 2. The van der Waals surface area contributed by atoms with Crippen LogP contribution in [0.3, 0.4) is 0 Å². The van der Waals surface area contributed by atoms with Crippen LogP contribution < -0.4 is 10.6 Å². The van der Waals surface area contributed by atoms with Gasteiger partial charge < -0.3 is 15.7 Å². The monoisotopic (exact) mass is 254 g/mol. The van der Waals surface area contributed by atoms with E-state index < -0.39 is 6.10 Å². The fourth-order valence-corrected chi connectivity index (χ4v) is 2.74. The molecule has 0 spiro atoms. The van der Waals surface area contributed by atoms with Crippen LogP contribution >= 0.6 is 0 Å². The van der Waals surface area contributed by atoms with Crippen molar-refractivity contribution >= 4 is 11.4 Å². The first-order valence-electron chi connectivity index (χ1n) is 6.61. The van der Waals surface area contributed by atoms with Gasteiger partial charge in [0.05, 0.1) is 17.5 Å². The molecule has 0 aromatic heterocycles. The number of nitrogen functional groups attached to an aromatic ring is 1. The van der Waals surface area contributed by atoms with Gasteiger partial charge in [-0.3, -0.25) is 0 Å². The van der Waals surface area contributed by atoms with Crippen LogP contribution in [0, 0.1) is 0 Å². The third kappa shape index (κ3) is 2.29. The summed E-state index contributed by atoms with van der Waals surface area (Å²) in [6.45, 7) is 1.51. The molecule has 2 aromatic rings. The first-order valence-corrected chi connectivity index (χ1v) is 6.61. The SMILES string of the molecule is Nc1cccc2c1N(CC(O)c1ccccc1)CC2. The lowest BCUT2D eigenvalue weighted by molar-refractivity contribution is 0.184. The number of aliphatic hydroxyl groups excluding tert-OH is 1. The zero-order chi connectivity index (χ0) is 13.2. The quantitative estimate of drug-likeness (QED) is 0.827. The Bertz CT molecular complexity index is 568. The van der Waals surface area contributed by atoms with Crippen molar-refractivity contribution in [3.63, 3.8) is 0 Å². The number of aliphatic hydroxyl groups is 1. The Kier molecular flexibility index (Phi) is 3.13. The van der Waals surface area contributed by atoms with Crippen molar-refractivity contribution in [2.45, 2.75) is 12.5 Å². The number of nitrogens with two attached hydrogens (primary N) is 1. The molecule has 98 valence electrons. The number of benzene rings is 2. The molecule has 1 aliphatic rings. The highest BCUT2D eigenvalue weighted by Gasteiger charge is 2.23. The van der Waals surface area contributed by atoms with Crippen LogP contribution in [-0.4, -0.2) is 18.2 Å². The molecule has 1 unspecified atom stereocenters. The lowest BCUT2D eigenvalue weighted by Gasteiger charge is -2.24. The summed E-state index contributed by atoms with van der Waals surface area (Å²) in [5.41, 5.74) is 10.2. The standard InChI is InChI=1S/C16H18N2O/c17-14-8-4-7-13-9-10-18(16(13)14)11-15(19)12-5-2-1-3-6-12/h1-8,15,19H,9-11,17H2. The van der Waals surface area contributed by atoms with E-state index in [1.54, 1.807) is 0 Å². The molecular weight excluding hydrogens is 236 g/mol. The van der Waals surface area contributed by atoms with Crippen LogP contribution in [0.15, 0.2) is 48.5 Å². The van der Waals surface area contributed by atoms with Gasteiger partial charge in [-0.2, -0.15) is 0 Å². The largest absolute Gasteiger partial charge is 0.397 e. The molecular formula is C16H18N2O. The van der Waals surface area contributed by atoms with Gasteiger partial charge in [-0.05, 0) is 23.6 Å². The van der Waals surface area contributed by atoms with E-state index in [1.165, 1.54) is 5.56 Å². The zero-order valence-corrected chi connectivity index (χ0v) is 10.8. The second-order valence-corrected chi connectivity index (χ2v) is 4.98. The summed E-state index contributed by atoms with van der Waals surface area (Å²) in [6, 6.07) is 15.8. The minimum Gasteiger partial charge on any atom is -0.397 e. The lowest BCUT2D eigenvalue weighted by Crippen LogP contribution is -2.27. The summed E-state index contributed by atoms with van der Waals surface area (Å²) >= 11 is 0. The molecule has 0 aliphatic carbocycles. The highest BCUT2D eigenvalue weighted by atomic mass is 16.3. The Morgan fingerprint density at radius 1 is 1.11 bits per heavy atom. The van der Waals surface area contributed by atoms with Gasteiger partial charge in [0.25, 0.3) is 0 Å². The van der Waals surface area contributed by atoms with E-state index in [0.717, 1.165) is 29.9 Å². The van der Waals surface area contributed by atoms with E-state index in [2.05, 4.69) is 11.0 Å². The number of rotatable bonds is 3. The molecule has 0 saturated heterocycles. The van der Waals surface area contributed by atoms with Crippen LogP contribution in [-0.2, 0) is 6.42 Å². The average molecular weight is 254 g/mol. The van der Waals surface area contributed by atoms with E-state index in [9.17, 15) is 5.11 Å². The minimum atomic E-state index is -0.480. The molecule has 0 bridgehead atoms. The summed E-state index contributed by atoms with van der Waals surface area (Å²) in [6.07, 6.45) is 0.522. The molecule has 1 atom stereocenters. The van der Waals surface area contributed by atoms with Gasteiger partial charge >= 0.3 is 0 Å². The Balaban J connectivity index is 1.80. The molecule has 3 nitrogen and oxygen atoms in total. The number of hydrogen-bond donors (Lipinski definition) is 2. The van der Waals surface area contributed by atoms with Crippen molar-refractivity contribution in [2.24, 2.45) is 0 Å². The number of para-hydroxylation sites is 1. The van der Waals surface area contributed by atoms with E-state index in [0.29, 0.717) is 6.54 Å². The van der Waals surface area contributed by atoms with Crippen molar-refractivity contribution in [2.75, 3.05) is 23.7 Å². The second kappa shape index (κ2) is 4.94. The predicted molar refractivity (Wildman–Crippen MR) is 78.2 cm³/mol. The third-order valence-corrected chi connectivity index (χ3v) is 3.70. The zero-order valence-electron chi connectivity index (χ0n) is 10.8. The maximum absolute atomic E-state index is 10.3. The average Bonchev–Trinajstić information content (AvgIpc) is 2.84. The Morgan fingerprint density at radius 3 is 2.68 bits per heavy atom. The molecule has 19 heavy (non-hydrogen) atoms. The lowest BCUT2D eigenvalue weighted by atomic mass is 10.1. The molecule has 3 rings (SSSR count). The normalized spacial score (nSPS) is 15.3. The molecule has 0 fully saturated rings. The summed E-state index contributed by atoms with van der Waals surface area (Å²) in [4.78, 5) is 2.18. The van der Waals surface area contributed by atoms with E-state index >= 15 is 0 Å². The van der Waals surface area contributed by atoms with Crippen LogP contribution in [0.25, 0.3) is 0 Å². The second-order valence-electron chi connectivity index (χ2n) is 4.98. The van der Waals surface area contributed by atoms with Gasteiger partial charge in [-0.25, -0.2) is 0 Å². The van der Waals surface area contributed by atoms with E-state index in [4.69, 9.17) is 5.73 Å². The highest BCUT2D eigenvalue weighted by Crippen LogP contribution is 2.34. The van der Waals surface area contributed by atoms with E-state index in [1.807, 2.05) is 42.5 Å².